The van der Waals surface area contributed by atoms with Crippen LogP contribution < -0.4 is 0 Å². The van der Waals surface area contributed by atoms with Crippen LogP contribution in [0.1, 0.15) is 43.3 Å². The molecule has 0 aliphatic carbocycles. The van der Waals surface area contributed by atoms with Crippen LogP contribution in [0.3, 0.4) is 0 Å². The van der Waals surface area contributed by atoms with E-state index >= 15 is 0 Å². The summed E-state index contributed by atoms with van der Waals surface area (Å²) in [5.41, 5.74) is 0. The van der Waals surface area contributed by atoms with Crippen molar-refractivity contribution in [3.05, 3.63) is 22.4 Å². The van der Waals surface area contributed by atoms with Crippen molar-refractivity contribution < 1.29 is 13.2 Å². The minimum absolute atomic E-state index is 0.0316. The highest BCUT2D eigenvalue weighted by molar-refractivity contribution is 7.92. The lowest BCUT2D eigenvalue weighted by Crippen LogP contribution is -2.30. The van der Waals surface area contributed by atoms with Crippen molar-refractivity contribution in [3.63, 3.8) is 0 Å². The van der Waals surface area contributed by atoms with Crippen LogP contribution in [0.25, 0.3) is 0 Å². The highest BCUT2D eigenvalue weighted by Crippen LogP contribution is 2.18. The van der Waals surface area contributed by atoms with E-state index in [4.69, 9.17) is 0 Å². The molecule has 0 radical (unpaired) electrons. The van der Waals surface area contributed by atoms with Gasteiger partial charge in [-0.3, -0.25) is 4.79 Å². The maximum absolute atomic E-state index is 11.8. The molecule has 96 valence electrons. The number of Topliss-reactive ketones (excluding diaryl/α,β-unsaturated/α-hetero) is 1. The molecule has 0 N–H and O–H groups in total. The van der Waals surface area contributed by atoms with Crippen LogP contribution in [0.15, 0.2) is 17.5 Å². The van der Waals surface area contributed by atoms with Gasteiger partial charge in [0, 0.05) is 6.42 Å². The normalized spacial score (nSPS) is 12.6. The number of carbonyl (C=O) groups is 1. The second kappa shape index (κ2) is 5.31. The Balaban J connectivity index is 2.47. The van der Waals surface area contributed by atoms with Crippen LogP contribution >= 0.6 is 11.3 Å². The first-order valence-corrected chi connectivity index (χ1v) is 8.06. The smallest absolute Gasteiger partial charge is 0.172 e. The third-order valence-electron chi connectivity index (χ3n) is 2.55. The molecule has 0 saturated heterocycles. The third kappa shape index (κ3) is 3.92. The molecule has 0 atom stereocenters. The van der Waals surface area contributed by atoms with E-state index in [1.165, 1.54) is 11.3 Å². The number of sulfone groups is 1. The Morgan fingerprint density at radius 3 is 2.47 bits per heavy atom. The SMILES string of the molecule is CC(C)(C)S(=O)(=O)CCCC(=O)c1cccs1. The molecule has 1 aromatic rings. The first-order chi connectivity index (χ1) is 7.74. The quantitative estimate of drug-likeness (QED) is 0.776. The lowest BCUT2D eigenvalue weighted by molar-refractivity contribution is 0.0986. The molecule has 0 aliphatic heterocycles. The molecule has 1 rings (SSSR count). The molecule has 0 fully saturated rings. The Labute approximate surface area is 107 Å². The average Bonchev–Trinajstić information content (AvgIpc) is 2.67. The summed E-state index contributed by atoms with van der Waals surface area (Å²) in [6.45, 7) is 5.05. The van der Waals surface area contributed by atoms with E-state index in [2.05, 4.69) is 0 Å². The van der Waals surface area contributed by atoms with E-state index in [1.807, 2.05) is 11.4 Å². The monoisotopic (exact) mass is 274 g/mol. The Hall–Kier alpha value is -0.680. The lowest BCUT2D eigenvalue weighted by atomic mass is 10.2. The summed E-state index contributed by atoms with van der Waals surface area (Å²) in [4.78, 5) is 12.4. The van der Waals surface area contributed by atoms with Crippen LogP contribution in [0.2, 0.25) is 0 Å². The van der Waals surface area contributed by atoms with Gasteiger partial charge in [0.05, 0.1) is 15.4 Å². The summed E-state index contributed by atoms with van der Waals surface area (Å²) in [6.07, 6.45) is 0.701. The summed E-state index contributed by atoms with van der Waals surface area (Å²) in [7, 11) is -3.11. The minimum atomic E-state index is -3.11. The molecule has 1 aromatic heterocycles. The van der Waals surface area contributed by atoms with Crippen LogP contribution in [0, 0.1) is 0 Å². The van der Waals surface area contributed by atoms with E-state index in [0.29, 0.717) is 17.7 Å². The number of hydrogen-bond acceptors (Lipinski definition) is 4. The number of thiophene rings is 1. The molecule has 3 nitrogen and oxygen atoms in total. The highest BCUT2D eigenvalue weighted by Gasteiger charge is 2.28. The van der Waals surface area contributed by atoms with Crippen molar-refractivity contribution >= 4 is 27.0 Å². The molecular weight excluding hydrogens is 256 g/mol. The zero-order chi connectivity index (χ0) is 13.1. The molecular formula is C12H18O3S2. The van der Waals surface area contributed by atoms with Crippen LogP contribution in [-0.4, -0.2) is 24.7 Å². The van der Waals surface area contributed by atoms with Gasteiger partial charge in [-0.1, -0.05) is 6.07 Å². The van der Waals surface area contributed by atoms with Gasteiger partial charge in [0.1, 0.15) is 0 Å². The second-order valence-electron chi connectivity index (χ2n) is 4.94. The van der Waals surface area contributed by atoms with Gasteiger partial charge in [0.25, 0.3) is 0 Å². The first-order valence-electron chi connectivity index (χ1n) is 5.53. The summed E-state index contributed by atoms with van der Waals surface area (Å²) in [5.74, 6) is 0.109. The third-order valence-corrected chi connectivity index (χ3v) is 6.15. The average molecular weight is 274 g/mol. The van der Waals surface area contributed by atoms with Crippen molar-refractivity contribution in [3.8, 4) is 0 Å². The molecule has 0 saturated carbocycles. The zero-order valence-corrected chi connectivity index (χ0v) is 12.0. The van der Waals surface area contributed by atoms with Gasteiger partial charge < -0.3 is 0 Å². The largest absolute Gasteiger partial charge is 0.293 e. The number of ketones is 1. The van der Waals surface area contributed by atoms with E-state index in [-0.39, 0.29) is 11.5 Å². The van der Waals surface area contributed by atoms with Crippen molar-refractivity contribution in [1.29, 1.82) is 0 Å². The van der Waals surface area contributed by atoms with Gasteiger partial charge in [-0.05, 0) is 38.6 Å². The van der Waals surface area contributed by atoms with E-state index < -0.39 is 14.6 Å². The van der Waals surface area contributed by atoms with Crippen molar-refractivity contribution in [1.82, 2.24) is 0 Å². The van der Waals surface area contributed by atoms with Crippen molar-refractivity contribution in [2.45, 2.75) is 38.4 Å². The standard InChI is InChI=1S/C12H18O3S2/c1-12(2,3)17(14,15)9-5-6-10(13)11-7-4-8-16-11/h4,7-8H,5-6,9H2,1-3H3. The number of rotatable bonds is 5. The summed E-state index contributed by atoms with van der Waals surface area (Å²) in [5, 5.41) is 1.85. The molecule has 5 heteroatoms. The molecule has 0 unspecified atom stereocenters. The Bertz CT molecular complexity index is 464. The van der Waals surface area contributed by atoms with Crippen molar-refractivity contribution in [2.75, 3.05) is 5.75 Å². The van der Waals surface area contributed by atoms with E-state index in [9.17, 15) is 13.2 Å². The molecule has 0 aromatic carbocycles. The fourth-order valence-corrected chi connectivity index (χ4v) is 3.12. The van der Waals surface area contributed by atoms with Gasteiger partial charge in [0.2, 0.25) is 0 Å². The Kier molecular flexibility index (Phi) is 4.49. The van der Waals surface area contributed by atoms with Crippen LogP contribution in [0.4, 0.5) is 0 Å². The fourth-order valence-electron chi connectivity index (χ4n) is 1.29. The number of carbonyl (C=O) groups excluding carboxylic acids is 1. The number of hydrogen-bond donors (Lipinski definition) is 0. The predicted molar refractivity (Wildman–Crippen MR) is 71.4 cm³/mol. The van der Waals surface area contributed by atoms with Gasteiger partial charge in [-0.15, -0.1) is 11.3 Å². The zero-order valence-electron chi connectivity index (χ0n) is 10.4. The highest BCUT2D eigenvalue weighted by atomic mass is 32.2. The maximum Gasteiger partial charge on any atom is 0.172 e. The molecule has 0 aliphatic rings. The first kappa shape index (κ1) is 14.4. The molecule has 0 bridgehead atoms. The second-order valence-corrected chi connectivity index (χ2v) is 8.75. The minimum Gasteiger partial charge on any atom is -0.293 e. The molecule has 17 heavy (non-hydrogen) atoms. The summed E-state index contributed by atoms with van der Waals surface area (Å²) >= 11 is 1.40. The van der Waals surface area contributed by atoms with Gasteiger partial charge in [0.15, 0.2) is 15.6 Å². The lowest BCUT2D eigenvalue weighted by Gasteiger charge is -2.18. The van der Waals surface area contributed by atoms with Crippen molar-refractivity contribution in [2.24, 2.45) is 0 Å². The van der Waals surface area contributed by atoms with E-state index in [1.54, 1.807) is 26.8 Å². The van der Waals surface area contributed by atoms with Gasteiger partial charge in [-0.25, -0.2) is 8.42 Å². The fraction of sp³-hybridized carbons (Fsp3) is 0.583. The summed E-state index contributed by atoms with van der Waals surface area (Å²) < 4.78 is 22.9. The Morgan fingerprint density at radius 2 is 2.00 bits per heavy atom. The topological polar surface area (TPSA) is 51.2 Å². The molecule has 0 spiro atoms. The van der Waals surface area contributed by atoms with E-state index in [0.717, 1.165) is 0 Å². The van der Waals surface area contributed by atoms with Gasteiger partial charge in [-0.2, -0.15) is 0 Å². The molecule has 1 heterocycles. The molecule has 0 amide bonds. The maximum atomic E-state index is 11.8. The Morgan fingerprint density at radius 1 is 1.35 bits per heavy atom. The predicted octanol–water partition coefficient (Wildman–Crippen LogP) is 2.92. The van der Waals surface area contributed by atoms with Crippen LogP contribution in [-0.2, 0) is 9.84 Å². The van der Waals surface area contributed by atoms with Crippen LogP contribution in [0.5, 0.6) is 0 Å². The summed E-state index contributed by atoms with van der Waals surface area (Å²) in [6, 6.07) is 3.59. The van der Waals surface area contributed by atoms with Gasteiger partial charge >= 0.3 is 0 Å².